The molecule has 0 atom stereocenters. The van der Waals surface area contributed by atoms with E-state index in [0.717, 1.165) is 134 Å². The van der Waals surface area contributed by atoms with E-state index in [4.69, 9.17) is 9.40 Å². The first-order chi connectivity index (χ1) is 39.1. The smallest absolute Gasteiger partial charge is 0.437 e. The summed E-state index contributed by atoms with van der Waals surface area (Å²) in [7, 11) is 0. The fraction of sp³-hybridized carbons (Fsp3) is 0. The molecule has 0 amide bonds. The molecule has 0 aliphatic heterocycles. The summed E-state index contributed by atoms with van der Waals surface area (Å²) >= 11 is 0. The number of benzene rings is 9. The van der Waals surface area contributed by atoms with Crippen LogP contribution in [0.1, 0.15) is 0 Å². The number of hydrogen-bond acceptors (Lipinski definition) is 5. The van der Waals surface area contributed by atoms with E-state index >= 15 is 0 Å². The first-order valence-corrected chi connectivity index (χ1v) is 26.3. The number of rotatable bonds is 11. The average molecular weight is 1200 g/mol. The van der Waals surface area contributed by atoms with Crippen LogP contribution in [0.15, 0.2) is 278 Å². The van der Waals surface area contributed by atoms with E-state index in [-0.39, 0.29) is 20.1 Å². The molecule has 376 valence electrons. The molecule has 0 aliphatic rings. The van der Waals surface area contributed by atoms with Crippen molar-refractivity contribution in [3.05, 3.63) is 292 Å². The molecule has 0 bridgehead atoms. The van der Waals surface area contributed by atoms with Crippen LogP contribution in [0.4, 0.5) is 0 Å². The van der Waals surface area contributed by atoms with Gasteiger partial charge in [-0.15, -0.1) is 83.4 Å². The summed E-state index contributed by atoms with van der Waals surface area (Å²) in [6.45, 7) is 0. The Morgan fingerprint density at radius 3 is 1.31 bits per heavy atom. The van der Waals surface area contributed by atoms with Crippen molar-refractivity contribution < 1.29 is 24.5 Å². The van der Waals surface area contributed by atoms with Gasteiger partial charge in [0.25, 0.3) is 0 Å². The second-order valence-electron chi connectivity index (χ2n) is 19.5. The molecule has 0 aliphatic carbocycles. The Morgan fingerprint density at radius 2 is 0.762 bits per heavy atom. The quantitative estimate of drug-likeness (QED) is 0.121. The summed E-state index contributed by atoms with van der Waals surface area (Å²) in [5, 5.41) is 0.877. The Hall–Kier alpha value is -9.97. The van der Waals surface area contributed by atoms with Crippen molar-refractivity contribution in [2.75, 3.05) is 0 Å². The number of pyridine rings is 4. The van der Waals surface area contributed by atoms with E-state index < -0.39 is 0 Å². The van der Waals surface area contributed by atoms with Gasteiger partial charge in [0.1, 0.15) is 5.52 Å². The van der Waals surface area contributed by atoms with Gasteiger partial charge in [-0.3, -0.25) is 9.97 Å². The van der Waals surface area contributed by atoms with Crippen LogP contribution in [0.3, 0.4) is 0 Å². The minimum Gasteiger partial charge on any atom is -0.437 e. The van der Waals surface area contributed by atoms with Crippen molar-refractivity contribution in [1.82, 2.24) is 19.9 Å². The van der Waals surface area contributed by atoms with E-state index in [1.54, 1.807) is 6.20 Å². The summed E-state index contributed by atoms with van der Waals surface area (Å²) < 4.78 is 6.24. The van der Waals surface area contributed by atoms with Gasteiger partial charge >= 0.3 is 20.1 Å². The minimum atomic E-state index is 0. The Bertz CT molecular complexity index is 4360. The van der Waals surface area contributed by atoms with Crippen LogP contribution in [0.25, 0.3) is 145 Å². The molecule has 9 aromatic carbocycles. The number of aromatic nitrogens is 4. The molecule has 0 radical (unpaired) electrons. The zero-order valence-corrected chi connectivity index (χ0v) is 45.4. The zero-order valence-electron chi connectivity index (χ0n) is 43.0. The van der Waals surface area contributed by atoms with E-state index in [1.165, 1.54) is 0 Å². The normalized spacial score (nSPS) is 11.2. The summed E-state index contributed by atoms with van der Waals surface area (Å²) in [4.78, 5) is 18.8. The molecule has 5 nitrogen and oxygen atoms in total. The third-order valence-corrected chi connectivity index (χ3v) is 14.7. The summed E-state index contributed by atoms with van der Waals surface area (Å²) in [6.07, 6.45) is 5.42. The largest absolute Gasteiger partial charge is 3.00 e. The van der Waals surface area contributed by atoms with Crippen molar-refractivity contribution >= 4 is 22.2 Å². The molecule has 0 saturated carbocycles. The first kappa shape index (κ1) is 49.6. The van der Waals surface area contributed by atoms with Crippen molar-refractivity contribution in [3.63, 3.8) is 0 Å². The Labute approximate surface area is 478 Å². The second kappa shape index (κ2) is 21.8. The number of nitrogens with zero attached hydrogens (tertiary/aromatic N) is 4. The van der Waals surface area contributed by atoms with Crippen LogP contribution < -0.4 is 0 Å². The minimum absolute atomic E-state index is 0. The Kier molecular flexibility index (Phi) is 13.5. The summed E-state index contributed by atoms with van der Waals surface area (Å²) in [6, 6.07) is 100. The number of furan rings is 1. The molecule has 0 unspecified atom stereocenters. The van der Waals surface area contributed by atoms with Crippen LogP contribution in [-0.2, 0) is 20.1 Å². The van der Waals surface area contributed by atoms with Crippen LogP contribution in [0.5, 0.6) is 0 Å². The van der Waals surface area contributed by atoms with Crippen LogP contribution in [-0.4, -0.2) is 19.9 Å². The molecule has 0 saturated heterocycles. The maximum atomic E-state index is 6.24. The van der Waals surface area contributed by atoms with Gasteiger partial charge < -0.3 is 14.4 Å². The fourth-order valence-electron chi connectivity index (χ4n) is 10.8. The van der Waals surface area contributed by atoms with Gasteiger partial charge in [-0.2, -0.15) is 0 Å². The average Bonchev–Trinajstić information content (AvgIpc) is 4.08. The van der Waals surface area contributed by atoms with E-state index in [0.29, 0.717) is 11.3 Å². The monoisotopic (exact) mass is 1200 g/mol. The number of fused-ring (bicyclic) bond motifs is 3. The third-order valence-electron chi connectivity index (χ3n) is 14.7. The maximum absolute atomic E-state index is 6.24. The number of hydrogen-bond donors (Lipinski definition) is 0. The van der Waals surface area contributed by atoms with Gasteiger partial charge in [-0.25, -0.2) is 0 Å². The van der Waals surface area contributed by atoms with Crippen molar-refractivity contribution in [2.45, 2.75) is 0 Å². The molecule has 0 N–H and O–H groups in total. The van der Waals surface area contributed by atoms with Crippen LogP contribution in [0.2, 0.25) is 0 Å². The third kappa shape index (κ3) is 9.64. The molecule has 80 heavy (non-hydrogen) atoms. The molecule has 0 spiro atoms. The van der Waals surface area contributed by atoms with E-state index in [2.05, 4.69) is 227 Å². The van der Waals surface area contributed by atoms with Crippen molar-refractivity contribution in [2.24, 2.45) is 0 Å². The molecule has 5 aromatic heterocycles. The van der Waals surface area contributed by atoms with Gasteiger partial charge in [0.05, 0.1) is 5.39 Å². The Morgan fingerprint density at radius 1 is 0.287 bits per heavy atom. The molecule has 0 fully saturated rings. The standard InChI is InChI=1S/C74H45N4O.Ir/c1-2-15-49(16-3-1)50-26-28-53(29-27-50)68-48-56(71-41-40-67-73-72(25-14-44-77-73)79-74(67)78-71)38-39-66(68)65-22-9-8-21-64(65)59-46-57(62-19-6-4-17-60(62)51-30-34-54(35-31-51)69-23-10-12-42-75-69)45-58(47-59)63-20-7-5-18-61(63)52-32-36-55(37-33-52)70-24-11-13-43-76-70;/h1-34,36,39-48H;/q-3;+3. The molecule has 6 heteroatoms. The van der Waals surface area contributed by atoms with Gasteiger partial charge in [0.15, 0.2) is 5.58 Å². The second-order valence-corrected chi connectivity index (χ2v) is 19.5. The topological polar surface area (TPSA) is 64.7 Å². The molecular weight excluding hydrogens is 1150 g/mol. The van der Waals surface area contributed by atoms with Gasteiger partial charge in [0.2, 0.25) is 5.71 Å². The Balaban J connectivity index is 0.00000605. The molecule has 14 rings (SSSR count). The molecule has 14 aromatic rings. The first-order valence-electron chi connectivity index (χ1n) is 26.3. The van der Waals surface area contributed by atoms with Crippen molar-refractivity contribution in [3.8, 4) is 123 Å². The van der Waals surface area contributed by atoms with E-state index in [9.17, 15) is 0 Å². The summed E-state index contributed by atoms with van der Waals surface area (Å²) in [5.74, 6) is 0. The molecular formula is C74H45IrN4O. The molecule has 5 heterocycles. The fourth-order valence-corrected chi connectivity index (χ4v) is 10.8. The van der Waals surface area contributed by atoms with Gasteiger partial charge in [-0.05, 0) is 110 Å². The van der Waals surface area contributed by atoms with Crippen molar-refractivity contribution in [1.29, 1.82) is 0 Å². The predicted octanol–water partition coefficient (Wildman–Crippen LogP) is 18.9. The predicted molar refractivity (Wildman–Crippen MR) is 321 cm³/mol. The van der Waals surface area contributed by atoms with E-state index in [1.807, 2.05) is 73.1 Å². The van der Waals surface area contributed by atoms with Crippen LogP contribution in [0, 0.1) is 18.2 Å². The van der Waals surface area contributed by atoms with Gasteiger partial charge in [0, 0.05) is 18.6 Å². The zero-order chi connectivity index (χ0) is 52.5. The van der Waals surface area contributed by atoms with Crippen LogP contribution >= 0.6 is 0 Å². The maximum Gasteiger partial charge on any atom is 3.00 e. The summed E-state index contributed by atoms with van der Waals surface area (Å²) in [5.41, 5.74) is 24.8. The SMILES string of the molecule is [Ir+3].[c-]1cc(-c2ccccc2-c2cc(-c3ccccc3-c3c[c-]c(-c4ccccn4)cc3)cc(-c3ccccc3-c3c[c-]c(-c4ccc5c(n4)oc4cccnc45)cc3-c3ccc(-c4ccccc4)cc3)c2)ccc1-c1ccccn1. The van der Waals surface area contributed by atoms with Gasteiger partial charge in [-0.1, -0.05) is 203 Å².